The van der Waals surface area contributed by atoms with Crippen LogP contribution in [0.2, 0.25) is 0 Å². The van der Waals surface area contributed by atoms with Crippen LogP contribution in [0.25, 0.3) is 21.8 Å². The van der Waals surface area contributed by atoms with Gasteiger partial charge in [0.05, 0.1) is 19.8 Å². The van der Waals surface area contributed by atoms with Gasteiger partial charge in [-0.3, -0.25) is 0 Å². The fourth-order valence-electron chi connectivity index (χ4n) is 3.72. The van der Waals surface area contributed by atoms with Crippen molar-refractivity contribution in [2.75, 3.05) is 32.8 Å². The van der Waals surface area contributed by atoms with Gasteiger partial charge in [0.1, 0.15) is 25.7 Å². The van der Waals surface area contributed by atoms with E-state index in [1.807, 2.05) is 0 Å². The molecule has 0 radical (unpaired) electrons. The number of benzene rings is 2. The summed E-state index contributed by atoms with van der Waals surface area (Å²) in [5.41, 5.74) is 2.32. The van der Waals surface area contributed by atoms with Gasteiger partial charge in [-0.1, -0.05) is 31.9 Å². The Morgan fingerprint density at radius 1 is 1.00 bits per heavy atom. The lowest BCUT2D eigenvalue weighted by atomic mass is 10.2. The van der Waals surface area contributed by atoms with Crippen LogP contribution in [-0.2, 0) is 11.3 Å². The molecule has 2 heterocycles. The summed E-state index contributed by atoms with van der Waals surface area (Å²) in [6.07, 6.45) is -0.376. The van der Waals surface area contributed by atoms with Gasteiger partial charge in [0.2, 0.25) is 0 Å². The van der Waals surface area contributed by atoms with Crippen molar-refractivity contribution in [2.24, 2.45) is 0 Å². The molecule has 0 unspecified atom stereocenters. The lowest BCUT2D eigenvalue weighted by molar-refractivity contribution is -0.911. The second-order valence-electron chi connectivity index (χ2n) is 6.65. The molecular formula is C19H21Br2N2O2+. The van der Waals surface area contributed by atoms with Gasteiger partial charge < -0.3 is 19.3 Å². The fraction of sp³-hybridized carbons (Fsp3) is 0.368. The number of halogens is 2. The monoisotopic (exact) mass is 467 g/mol. The average molecular weight is 469 g/mol. The SMILES string of the molecule is O[C@H](Cn1c2ccc(Br)cc2c2cc(Br)ccc21)C[NH+]1CCOCC1. The molecule has 4 nitrogen and oxygen atoms in total. The minimum absolute atomic E-state index is 0.376. The van der Waals surface area contributed by atoms with E-state index in [-0.39, 0.29) is 6.10 Å². The second kappa shape index (κ2) is 7.37. The van der Waals surface area contributed by atoms with E-state index in [9.17, 15) is 5.11 Å². The molecule has 0 spiro atoms. The van der Waals surface area contributed by atoms with Crippen molar-refractivity contribution in [3.8, 4) is 0 Å². The molecule has 4 rings (SSSR count). The van der Waals surface area contributed by atoms with Crippen LogP contribution in [0.3, 0.4) is 0 Å². The molecular weight excluding hydrogens is 448 g/mol. The standard InChI is InChI=1S/C19H20Br2N2O2/c20-13-1-3-18-16(9-13)17-10-14(21)2-4-19(17)23(18)12-15(24)11-22-5-7-25-8-6-22/h1-4,9-10,15,24H,5-8,11-12H2/p+1/t15-/m0/s1. The predicted molar refractivity (Wildman–Crippen MR) is 107 cm³/mol. The zero-order valence-electron chi connectivity index (χ0n) is 13.8. The number of aliphatic hydroxyl groups is 1. The van der Waals surface area contributed by atoms with Crippen LogP contribution < -0.4 is 4.90 Å². The fourth-order valence-corrected chi connectivity index (χ4v) is 4.44. The van der Waals surface area contributed by atoms with Crippen molar-refractivity contribution in [2.45, 2.75) is 12.6 Å². The quantitative estimate of drug-likeness (QED) is 0.617. The minimum Gasteiger partial charge on any atom is -0.385 e. The molecule has 0 saturated carbocycles. The summed E-state index contributed by atoms with van der Waals surface area (Å²) in [5.74, 6) is 0. The highest BCUT2D eigenvalue weighted by atomic mass is 79.9. The van der Waals surface area contributed by atoms with Crippen molar-refractivity contribution in [1.29, 1.82) is 0 Å². The molecule has 0 aliphatic carbocycles. The van der Waals surface area contributed by atoms with E-state index in [2.05, 4.69) is 72.8 Å². The summed E-state index contributed by atoms with van der Waals surface area (Å²) < 4.78 is 9.79. The maximum atomic E-state index is 10.7. The highest BCUT2D eigenvalue weighted by Crippen LogP contribution is 2.33. The van der Waals surface area contributed by atoms with Crippen LogP contribution in [0, 0.1) is 0 Å². The molecule has 132 valence electrons. The third-order valence-corrected chi connectivity index (χ3v) is 5.89. The van der Waals surface area contributed by atoms with Crippen molar-refractivity contribution in [1.82, 2.24) is 4.57 Å². The minimum atomic E-state index is -0.376. The van der Waals surface area contributed by atoms with E-state index >= 15 is 0 Å². The molecule has 3 aromatic rings. The molecule has 0 amide bonds. The van der Waals surface area contributed by atoms with Gasteiger partial charge in [-0.2, -0.15) is 0 Å². The number of aliphatic hydroxyl groups excluding tert-OH is 1. The number of aromatic nitrogens is 1. The van der Waals surface area contributed by atoms with Gasteiger partial charge in [-0.05, 0) is 36.4 Å². The number of fused-ring (bicyclic) bond motifs is 3. The highest BCUT2D eigenvalue weighted by molar-refractivity contribution is 9.10. The molecule has 2 N–H and O–H groups in total. The number of quaternary nitrogens is 1. The number of nitrogens with one attached hydrogen (secondary N) is 1. The Kier molecular flexibility index (Phi) is 5.15. The molecule has 1 atom stereocenters. The summed E-state index contributed by atoms with van der Waals surface area (Å²) in [7, 11) is 0. The van der Waals surface area contributed by atoms with Gasteiger partial charge in [0.15, 0.2) is 0 Å². The lowest BCUT2D eigenvalue weighted by Gasteiger charge is -2.26. The van der Waals surface area contributed by atoms with Crippen LogP contribution in [0.15, 0.2) is 45.3 Å². The predicted octanol–water partition coefficient (Wildman–Crippen LogP) is 2.60. The number of ether oxygens (including phenoxy) is 1. The first kappa shape index (κ1) is 17.5. The molecule has 1 aliphatic rings. The third-order valence-electron chi connectivity index (χ3n) is 4.91. The number of rotatable bonds is 4. The molecule has 6 heteroatoms. The van der Waals surface area contributed by atoms with Crippen LogP contribution in [0.4, 0.5) is 0 Å². The molecule has 1 fully saturated rings. The zero-order valence-corrected chi connectivity index (χ0v) is 17.0. The summed E-state index contributed by atoms with van der Waals surface area (Å²) in [5, 5.41) is 13.1. The molecule has 1 aliphatic heterocycles. The Morgan fingerprint density at radius 2 is 1.56 bits per heavy atom. The van der Waals surface area contributed by atoms with Crippen LogP contribution in [-0.4, -0.2) is 48.6 Å². The van der Waals surface area contributed by atoms with E-state index < -0.39 is 0 Å². The van der Waals surface area contributed by atoms with E-state index in [1.54, 1.807) is 0 Å². The van der Waals surface area contributed by atoms with E-state index in [4.69, 9.17) is 4.74 Å². The summed E-state index contributed by atoms with van der Waals surface area (Å²) in [6, 6.07) is 12.7. The van der Waals surface area contributed by atoms with Crippen molar-refractivity contribution in [3.63, 3.8) is 0 Å². The van der Waals surface area contributed by atoms with Crippen molar-refractivity contribution >= 4 is 53.7 Å². The molecule has 25 heavy (non-hydrogen) atoms. The average Bonchev–Trinajstić information content (AvgIpc) is 2.88. The second-order valence-corrected chi connectivity index (χ2v) is 8.49. The van der Waals surface area contributed by atoms with E-state index in [0.29, 0.717) is 6.54 Å². The van der Waals surface area contributed by atoms with Gasteiger partial charge >= 0.3 is 0 Å². The highest BCUT2D eigenvalue weighted by Gasteiger charge is 2.20. The van der Waals surface area contributed by atoms with Crippen molar-refractivity contribution in [3.05, 3.63) is 45.3 Å². The Labute approximate surface area is 163 Å². The smallest absolute Gasteiger partial charge is 0.121 e. The van der Waals surface area contributed by atoms with Gasteiger partial charge in [-0.25, -0.2) is 0 Å². The van der Waals surface area contributed by atoms with Crippen molar-refractivity contribution < 1.29 is 14.7 Å². The van der Waals surface area contributed by atoms with Crippen LogP contribution in [0.5, 0.6) is 0 Å². The molecule has 1 aromatic heterocycles. The van der Waals surface area contributed by atoms with Crippen LogP contribution >= 0.6 is 31.9 Å². The maximum Gasteiger partial charge on any atom is 0.121 e. The first-order valence-electron chi connectivity index (χ1n) is 8.58. The summed E-state index contributed by atoms with van der Waals surface area (Å²) in [6.45, 7) is 4.90. The third kappa shape index (κ3) is 3.64. The van der Waals surface area contributed by atoms with E-state index in [1.165, 1.54) is 15.7 Å². The normalized spacial score (nSPS) is 17.4. The molecule has 2 aromatic carbocycles. The first-order chi connectivity index (χ1) is 12.1. The van der Waals surface area contributed by atoms with Gasteiger partial charge in [0.25, 0.3) is 0 Å². The number of hydrogen-bond donors (Lipinski definition) is 2. The summed E-state index contributed by atoms with van der Waals surface area (Å²) >= 11 is 7.15. The lowest BCUT2D eigenvalue weighted by Crippen LogP contribution is -3.15. The topological polar surface area (TPSA) is 38.8 Å². The molecule has 1 saturated heterocycles. The molecule has 0 bridgehead atoms. The van der Waals surface area contributed by atoms with E-state index in [0.717, 1.165) is 52.8 Å². The Hall–Kier alpha value is -0.920. The Morgan fingerprint density at radius 3 is 2.12 bits per heavy atom. The Bertz CT molecular complexity index is 844. The summed E-state index contributed by atoms with van der Waals surface area (Å²) in [4.78, 5) is 1.42. The van der Waals surface area contributed by atoms with Gasteiger partial charge in [0, 0.05) is 30.8 Å². The number of morpholine rings is 1. The van der Waals surface area contributed by atoms with Crippen LogP contribution in [0.1, 0.15) is 0 Å². The number of hydrogen-bond acceptors (Lipinski definition) is 2. The Balaban J connectivity index is 1.69. The number of nitrogens with zero attached hydrogens (tertiary/aromatic N) is 1. The first-order valence-corrected chi connectivity index (χ1v) is 10.2. The van der Waals surface area contributed by atoms with Gasteiger partial charge in [-0.15, -0.1) is 0 Å². The largest absolute Gasteiger partial charge is 0.385 e. The zero-order chi connectivity index (χ0) is 17.4. The maximum absolute atomic E-state index is 10.7.